The lowest BCUT2D eigenvalue weighted by atomic mass is 10.2. The zero-order valence-corrected chi connectivity index (χ0v) is 9.87. The molecule has 1 aromatic rings. The Morgan fingerprint density at radius 3 is 2.80 bits per heavy atom. The second-order valence-corrected chi connectivity index (χ2v) is 4.25. The molecule has 5 heteroatoms. The summed E-state index contributed by atoms with van der Waals surface area (Å²) >= 11 is 3.23. The van der Waals surface area contributed by atoms with Crippen molar-refractivity contribution in [1.29, 1.82) is 0 Å². The first-order valence-corrected chi connectivity index (χ1v) is 5.12. The SMILES string of the molecule is C=C(Br)CNc1ccc([N+](=O)[O-])cc1C. The highest BCUT2D eigenvalue weighted by Gasteiger charge is 2.07. The fourth-order valence-corrected chi connectivity index (χ4v) is 1.29. The number of nitrogens with zero attached hydrogens (tertiary/aromatic N) is 1. The number of halogens is 1. The minimum absolute atomic E-state index is 0.107. The normalized spacial score (nSPS) is 9.73. The number of nitrogens with one attached hydrogen (secondary N) is 1. The maximum Gasteiger partial charge on any atom is 0.269 e. The molecule has 0 aliphatic heterocycles. The van der Waals surface area contributed by atoms with Crippen LogP contribution >= 0.6 is 15.9 Å². The molecule has 0 saturated heterocycles. The van der Waals surface area contributed by atoms with Gasteiger partial charge in [-0.05, 0) is 18.6 Å². The zero-order chi connectivity index (χ0) is 11.4. The first-order valence-electron chi connectivity index (χ1n) is 4.33. The van der Waals surface area contributed by atoms with Crippen molar-refractivity contribution < 1.29 is 4.92 Å². The van der Waals surface area contributed by atoms with Gasteiger partial charge in [-0.25, -0.2) is 0 Å². The minimum Gasteiger partial charge on any atom is -0.380 e. The van der Waals surface area contributed by atoms with Crippen molar-refractivity contribution in [3.63, 3.8) is 0 Å². The van der Waals surface area contributed by atoms with Crippen LogP contribution < -0.4 is 5.32 Å². The van der Waals surface area contributed by atoms with Crippen LogP contribution in [-0.4, -0.2) is 11.5 Å². The Labute approximate surface area is 96.3 Å². The van der Waals surface area contributed by atoms with Gasteiger partial charge in [-0.2, -0.15) is 0 Å². The number of hydrogen-bond donors (Lipinski definition) is 1. The number of hydrogen-bond acceptors (Lipinski definition) is 3. The number of non-ortho nitro benzene ring substituents is 1. The summed E-state index contributed by atoms with van der Waals surface area (Å²) in [5.41, 5.74) is 1.83. The van der Waals surface area contributed by atoms with Crippen molar-refractivity contribution in [2.75, 3.05) is 11.9 Å². The molecule has 15 heavy (non-hydrogen) atoms. The number of benzene rings is 1. The molecule has 0 fully saturated rings. The van der Waals surface area contributed by atoms with Crippen LogP contribution in [0.15, 0.2) is 29.3 Å². The molecule has 1 rings (SSSR count). The van der Waals surface area contributed by atoms with E-state index in [2.05, 4.69) is 27.8 Å². The van der Waals surface area contributed by atoms with Crippen LogP contribution in [0.1, 0.15) is 5.56 Å². The van der Waals surface area contributed by atoms with Gasteiger partial charge in [0.1, 0.15) is 0 Å². The van der Waals surface area contributed by atoms with Crippen LogP contribution in [0, 0.1) is 17.0 Å². The highest BCUT2D eigenvalue weighted by molar-refractivity contribution is 9.11. The van der Waals surface area contributed by atoms with Crippen molar-refractivity contribution in [3.8, 4) is 0 Å². The van der Waals surface area contributed by atoms with E-state index in [9.17, 15) is 10.1 Å². The minimum atomic E-state index is -0.403. The van der Waals surface area contributed by atoms with Gasteiger partial charge in [0, 0.05) is 28.8 Å². The van der Waals surface area contributed by atoms with E-state index in [0.717, 1.165) is 15.7 Å². The zero-order valence-electron chi connectivity index (χ0n) is 8.29. The van der Waals surface area contributed by atoms with Crippen LogP contribution in [0.5, 0.6) is 0 Å². The summed E-state index contributed by atoms with van der Waals surface area (Å²) in [4.78, 5) is 10.1. The summed E-state index contributed by atoms with van der Waals surface area (Å²) in [7, 11) is 0. The fraction of sp³-hybridized carbons (Fsp3) is 0.200. The third-order valence-electron chi connectivity index (χ3n) is 1.89. The van der Waals surface area contributed by atoms with E-state index < -0.39 is 4.92 Å². The molecule has 0 atom stereocenters. The molecule has 1 N–H and O–H groups in total. The lowest BCUT2D eigenvalue weighted by molar-refractivity contribution is -0.384. The molecule has 0 aliphatic rings. The second kappa shape index (κ2) is 4.93. The van der Waals surface area contributed by atoms with Gasteiger partial charge in [0.25, 0.3) is 5.69 Å². The largest absolute Gasteiger partial charge is 0.380 e. The van der Waals surface area contributed by atoms with E-state index in [4.69, 9.17) is 0 Å². The van der Waals surface area contributed by atoms with E-state index in [0.29, 0.717) is 6.54 Å². The predicted octanol–water partition coefficient (Wildman–Crippen LogP) is 3.22. The van der Waals surface area contributed by atoms with E-state index in [1.165, 1.54) is 6.07 Å². The average molecular weight is 271 g/mol. The summed E-state index contributed by atoms with van der Waals surface area (Å²) in [6.45, 7) is 6.11. The van der Waals surface area contributed by atoms with Crippen molar-refractivity contribution in [2.24, 2.45) is 0 Å². The quantitative estimate of drug-likeness (QED) is 0.675. The number of aryl methyl sites for hydroxylation is 1. The second-order valence-electron chi connectivity index (χ2n) is 3.13. The van der Waals surface area contributed by atoms with E-state index in [-0.39, 0.29) is 5.69 Å². The molecule has 0 heterocycles. The van der Waals surface area contributed by atoms with Crippen LogP contribution in [0.2, 0.25) is 0 Å². The molecule has 4 nitrogen and oxygen atoms in total. The van der Waals surface area contributed by atoms with Gasteiger partial charge >= 0.3 is 0 Å². The topological polar surface area (TPSA) is 55.2 Å². The first-order chi connectivity index (χ1) is 7.00. The molecule has 0 radical (unpaired) electrons. The van der Waals surface area contributed by atoms with Gasteiger partial charge in [-0.3, -0.25) is 10.1 Å². The van der Waals surface area contributed by atoms with Gasteiger partial charge < -0.3 is 5.32 Å². The Hall–Kier alpha value is -1.36. The third kappa shape index (κ3) is 3.36. The lowest BCUT2D eigenvalue weighted by Gasteiger charge is -2.07. The summed E-state index contributed by atoms with van der Waals surface area (Å²) < 4.78 is 0.834. The smallest absolute Gasteiger partial charge is 0.269 e. The van der Waals surface area contributed by atoms with Crippen LogP contribution in [0.3, 0.4) is 0 Å². The van der Waals surface area contributed by atoms with Crippen molar-refractivity contribution in [3.05, 3.63) is 44.9 Å². The Bertz CT molecular complexity index is 404. The maximum absolute atomic E-state index is 10.5. The van der Waals surface area contributed by atoms with Crippen molar-refractivity contribution in [2.45, 2.75) is 6.92 Å². The van der Waals surface area contributed by atoms with Crippen molar-refractivity contribution >= 4 is 27.3 Å². The molecular formula is C10H11BrN2O2. The van der Waals surface area contributed by atoms with Gasteiger partial charge in [0.05, 0.1) is 4.92 Å². The Morgan fingerprint density at radius 1 is 1.67 bits per heavy atom. The lowest BCUT2D eigenvalue weighted by Crippen LogP contribution is -2.02. The van der Waals surface area contributed by atoms with E-state index >= 15 is 0 Å². The average Bonchev–Trinajstić information content (AvgIpc) is 2.15. The van der Waals surface area contributed by atoms with Crippen molar-refractivity contribution in [1.82, 2.24) is 0 Å². The Balaban J connectivity index is 2.83. The molecule has 80 valence electrons. The Morgan fingerprint density at radius 2 is 2.33 bits per heavy atom. The molecule has 0 bridgehead atoms. The molecule has 0 unspecified atom stereocenters. The molecular weight excluding hydrogens is 260 g/mol. The highest BCUT2D eigenvalue weighted by atomic mass is 79.9. The fourth-order valence-electron chi connectivity index (χ4n) is 1.15. The third-order valence-corrected chi connectivity index (χ3v) is 2.17. The predicted molar refractivity (Wildman–Crippen MR) is 64.4 cm³/mol. The van der Waals surface area contributed by atoms with E-state index in [1.54, 1.807) is 12.1 Å². The van der Waals surface area contributed by atoms with Gasteiger partial charge in [-0.1, -0.05) is 22.5 Å². The summed E-state index contributed by atoms with van der Waals surface area (Å²) in [5.74, 6) is 0. The molecule has 0 saturated carbocycles. The Kier molecular flexibility index (Phi) is 3.85. The first kappa shape index (κ1) is 11.7. The number of anilines is 1. The number of rotatable bonds is 4. The van der Waals surface area contributed by atoms with E-state index in [1.807, 2.05) is 6.92 Å². The summed E-state index contributed by atoms with van der Waals surface area (Å²) in [5, 5.41) is 13.6. The summed E-state index contributed by atoms with van der Waals surface area (Å²) in [6, 6.07) is 4.72. The molecule has 1 aromatic carbocycles. The number of nitro groups is 1. The molecule has 0 aromatic heterocycles. The molecule has 0 amide bonds. The van der Waals surface area contributed by atoms with Gasteiger partial charge in [-0.15, -0.1) is 0 Å². The van der Waals surface area contributed by atoms with Gasteiger partial charge in [0.15, 0.2) is 0 Å². The maximum atomic E-state index is 10.5. The van der Waals surface area contributed by atoms with Crippen LogP contribution in [0.25, 0.3) is 0 Å². The van der Waals surface area contributed by atoms with Gasteiger partial charge in [0.2, 0.25) is 0 Å². The number of nitro benzene ring substituents is 1. The monoisotopic (exact) mass is 270 g/mol. The highest BCUT2D eigenvalue weighted by Crippen LogP contribution is 2.21. The molecule has 0 spiro atoms. The summed E-state index contributed by atoms with van der Waals surface area (Å²) in [6.07, 6.45) is 0. The van der Waals surface area contributed by atoms with Crippen LogP contribution in [0.4, 0.5) is 11.4 Å². The standard InChI is InChI=1S/C10H11BrN2O2/c1-7-5-9(13(14)15)3-4-10(7)12-6-8(2)11/h3-5,12H,2,6H2,1H3. The van der Waals surface area contributed by atoms with Crippen LogP contribution in [-0.2, 0) is 0 Å². The molecule has 0 aliphatic carbocycles.